The number of aromatic amines is 1. The van der Waals surface area contributed by atoms with Gasteiger partial charge in [-0.1, -0.05) is 236 Å². The number of hydrogen-bond acceptors (Lipinski definition) is 10. The fraction of sp³-hybridized carbons (Fsp3) is 0.235. The molecule has 4 amide bonds. The molecule has 0 radical (unpaired) electrons. The number of aliphatic carboxylic acids is 2. The van der Waals surface area contributed by atoms with Crippen LogP contribution in [0.1, 0.15) is 90.4 Å². The van der Waals surface area contributed by atoms with Gasteiger partial charge in [-0.2, -0.15) is 0 Å². The Morgan fingerprint density at radius 3 is 1.43 bits per heavy atom. The molecule has 3 aliphatic rings. The van der Waals surface area contributed by atoms with Crippen LogP contribution >= 0.6 is 94.7 Å². The first-order chi connectivity index (χ1) is 49.3. The van der Waals surface area contributed by atoms with E-state index in [-0.39, 0.29) is 48.9 Å². The van der Waals surface area contributed by atoms with Crippen LogP contribution in [0.2, 0.25) is 5.02 Å². The van der Waals surface area contributed by atoms with Gasteiger partial charge in [-0.05, 0) is 133 Å². The largest absolute Gasteiger partial charge is 0.480 e. The quantitative estimate of drug-likeness (QED) is 0.0360. The van der Waals surface area contributed by atoms with Crippen molar-refractivity contribution in [3.63, 3.8) is 0 Å². The summed E-state index contributed by atoms with van der Waals surface area (Å²) in [6.45, 7) is 5.74. The van der Waals surface area contributed by atoms with Crippen molar-refractivity contribution in [2.24, 2.45) is 0 Å². The number of H-pyrrole nitrogens is 1. The van der Waals surface area contributed by atoms with Crippen molar-refractivity contribution in [3.8, 4) is 0 Å². The Balaban J connectivity index is 0.000000158. The second-order valence-electron chi connectivity index (χ2n) is 25.5. The molecular weight excluding hydrogens is 1560 g/mol. The first-order valence-corrected chi connectivity index (χ1v) is 38.7. The molecule has 102 heavy (non-hydrogen) atoms. The smallest absolute Gasteiger partial charge is 0.322 e. The first-order valence-electron chi connectivity index (χ1n) is 33.5. The number of carbonyl (C=O) groups excluding carboxylic acids is 4. The lowest BCUT2D eigenvalue weighted by atomic mass is 9.91. The molecule has 3 saturated heterocycles. The summed E-state index contributed by atoms with van der Waals surface area (Å²) < 4.78 is -0.704. The van der Waals surface area contributed by atoms with E-state index >= 15 is 0 Å². The number of carboxylic acids is 2. The predicted octanol–water partition coefficient (Wildman–Crippen LogP) is 18.5. The van der Waals surface area contributed by atoms with Crippen molar-refractivity contribution in [2.75, 3.05) is 0 Å². The Hall–Kier alpha value is -7.92. The van der Waals surface area contributed by atoms with E-state index in [1.165, 1.54) is 35.3 Å². The molecule has 6 atom stereocenters. The Morgan fingerprint density at radius 1 is 0.520 bits per heavy atom. The highest BCUT2D eigenvalue weighted by atomic mass is 79.9. The lowest BCUT2D eigenvalue weighted by Crippen LogP contribution is -2.52. The van der Waals surface area contributed by atoms with E-state index in [0.29, 0.717) is 44.0 Å². The third-order valence-corrected chi connectivity index (χ3v) is 24.7. The van der Waals surface area contributed by atoms with Gasteiger partial charge in [0.25, 0.3) is 5.91 Å². The molecule has 524 valence electrons. The molecule has 13 rings (SSSR count). The summed E-state index contributed by atoms with van der Waals surface area (Å²) in [5, 5.41) is 22.2. The lowest BCUT2D eigenvalue weighted by Gasteiger charge is -2.36. The van der Waals surface area contributed by atoms with Crippen LogP contribution in [0.15, 0.2) is 271 Å². The SMILES string of the molecule is CCCC[C@@H]1N(Cc2ccc(Br)cc2)C(=O)C[C@@]1(Sc1ccccc1)C(=O)O.Cc1ccc(S[C@@]2(C(=O)NNCc3ccccc3)CC(=O)N(Cc3ccc(Br)cc3)[C@H]2c2c[nH]c3cc(Cl)ccc23)cc1.O=C1C[C@@](Sc2ccccc2)(C(=O)O)[C@H](Cc2ccccc2)N1Cc1ccc(Br)cc1. The number of carbonyl (C=O) groups is 6. The number of thioether (sulfide) groups is 3. The van der Waals surface area contributed by atoms with Crippen LogP contribution in [-0.4, -0.2) is 91.8 Å². The summed E-state index contributed by atoms with van der Waals surface area (Å²) in [5.74, 6) is -2.42. The molecular formula is C81H76Br3ClN6O8S3. The first kappa shape index (κ1) is 75.2. The summed E-state index contributed by atoms with van der Waals surface area (Å²) in [6.07, 6.45) is 4.95. The minimum absolute atomic E-state index is 0.0206. The van der Waals surface area contributed by atoms with Gasteiger partial charge >= 0.3 is 11.9 Å². The van der Waals surface area contributed by atoms with Gasteiger partial charge in [-0.25, -0.2) is 5.43 Å². The third kappa shape index (κ3) is 18.0. The molecule has 0 aliphatic carbocycles. The fourth-order valence-electron chi connectivity index (χ4n) is 13.4. The summed E-state index contributed by atoms with van der Waals surface area (Å²) in [7, 11) is 0. The molecule has 10 aromatic rings. The summed E-state index contributed by atoms with van der Waals surface area (Å²) >= 11 is 20.7. The highest BCUT2D eigenvalue weighted by molar-refractivity contribution is 9.11. The van der Waals surface area contributed by atoms with E-state index < -0.39 is 38.3 Å². The van der Waals surface area contributed by atoms with E-state index in [4.69, 9.17) is 11.6 Å². The van der Waals surface area contributed by atoms with Gasteiger partial charge in [0.15, 0.2) is 0 Å². The number of hydrogen-bond donors (Lipinski definition) is 5. The number of benzene rings is 9. The van der Waals surface area contributed by atoms with E-state index in [0.717, 1.165) is 90.8 Å². The highest BCUT2D eigenvalue weighted by Crippen LogP contribution is 2.55. The van der Waals surface area contributed by atoms with Gasteiger partial charge in [-0.15, -0.1) is 35.3 Å². The Kier molecular flexibility index (Phi) is 25.5. The van der Waals surface area contributed by atoms with E-state index in [1.807, 2.05) is 255 Å². The Labute approximate surface area is 637 Å². The van der Waals surface area contributed by atoms with Crippen molar-refractivity contribution < 1.29 is 39.0 Å². The van der Waals surface area contributed by atoms with Gasteiger partial charge < -0.3 is 29.9 Å². The van der Waals surface area contributed by atoms with E-state index in [9.17, 15) is 39.0 Å². The molecule has 3 aliphatic heterocycles. The zero-order valence-corrected chi connectivity index (χ0v) is 64.0. The zero-order valence-electron chi connectivity index (χ0n) is 56.0. The number of nitrogens with one attached hydrogen (secondary N) is 3. The number of aromatic nitrogens is 1. The van der Waals surface area contributed by atoms with Gasteiger partial charge in [0, 0.05) is 82.0 Å². The maximum Gasteiger partial charge on any atom is 0.322 e. The van der Waals surface area contributed by atoms with Crippen molar-refractivity contribution in [1.29, 1.82) is 0 Å². The molecule has 14 nitrogen and oxygen atoms in total. The van der Waals surface area contributed by atoms with Gasteiger partial charge in [0.2, 0.25) is 17.7 Å². The Bertz CT molecular complexity index is 4540. The highest BCUT2D eigenvalue weighted by Gasteiger charge is 2.60. The molecule has 1 aromatic heterocycles. The maximum absolute atomic E-state index is 14.5. The maximum atomic E-state index is 14.5. The predicted molar refractivity (Wildman–Crippen MR) is 418 cm³/mol. The van der Waals surface area contributed by atoms with Gasteiger partial charge in [0.1, 0.15) is 14.2 Å². The number of fused-ring (bicyclic) bond motifs is 1. The topological polar surface area (TPSA) is 192 Å². The van der Waals surface area contributed by atoms with Crippen LogP contribution in [0.4, 0.5) is 0 Å². The number of likely N-dealkylation sites (tertiary alicyclic amines) is 3. The normalized spacial score (nSPS) is 20.0. The number of hydrazine groups is 1. The number of halogens is 4. The molecule has 0 spiro atoms. The molecule has 0 saturated carbocycles. The molecule has 5 N–H and O–H groups in total. The Morgan fingerprint density at radius 2 is 0.941 bits per heavy atom. The minimum Gasteiger partial charge on any atom is -0.480 e. The molecule has 4 heterocycles. The van der Waals surface area contributed by atoms with E-state index in [2.05, 4.69) is 70.5 Å². The molecule has 9 aromatic carbocycles. The van der Waals surface area contributed by atoms with Gasteiger partial charge in [0.05, 0.1) is 37.4 Å². The summed E-state index contributed by atoms with van der Waals surface area (Å²) in [5.41, 5.74) is 13.9. The van der Waals surface area contributed by atoms with Crippen LogP contribution < -0.4 is 10.9 Å². The second-order valence-corrected chi connectivity index (χ2v) is 32.9. The molecule has 3 fully saturated rings. The van der Waals surface area contributed by atoms with Crippen LogP contribution in [0.3, 0.4) is 0 Å². The monoisotopic (exact) mass is 1630 g/mol. The number of nitrogens with zero attached hydrogens (tertiary/aromatic N) is 3. The summed E-state index contributed by atoms with van der Waals surface area (Å²) in [6, 6.07) is 74.6. The molecule has 0 unspecified atom stereocenters. The summed E-state index contributed by atoms with van der Waals surface area (Å²) in [4.78, 5) is 91.3. The van der Waals surface area contributed by atoms with E-state index in [1.54, 1.807) is 9.80 Å². The number of unbranched alkanes of at least 4 members (excludes halogenated alkanes) is 1. The fourth-order valence-corrected chi connectivity index (χ4v) is 18.5. The number of carboxylic acid groups (broad SMARTS) is 2. The zero-order chi connectivity index (χ0) is 72.0. The minimum atomic E-state index is -1.26. The van der Waals surface area contributed by atoms with Crippen LogP contribution in [0.25, 0.3) is 10.9 Å². The average molecular weight is 1630 g/mol. The van der Waals surface area contributed by atoms with Crippen molar-refractivity contribution in [3.05, 3.63) is 300 Å². The lowest BCUT2D eigenvalue weighted by molar-refractivity contribution is -0.141. The molecule has 21 heteroatoms. The van der Waals surface area contributed by atoms with Crippen molar-refractivity contribution in [1.82, 2.24) is 30.5 Å². The van der Waals surface area contributed by atoms with Crippen LogP contribution in [0, 0.1) is 6.92 Å². The van der Waals surface area contributed by atoms with Crippen LogP contribution in [0.5, 0.6) is 0 Å². The average Bonchev–Trinajstić information content (AvgIpc) is 1.58. The standard InChI is InChI=1S/C34H30BrClN4O2S.C25H22BrNO3S.C22H24BrNO3S/c1-22-7-14-27(15-8-22)43-34(33(42)39-38-19-23-5-3-2-4-6-23)18-31(41)40(21-24-9-11-25(35)12-10-24)32(34)29-20-37-30-17-26(36)13-16-28(29)30;26-20-13-11-19(12-14-20)17-27-22(15-18-7-3-1-4-8-18)25(24(29)30,16-23(27)28)31-21-9-5-2-6-10-21;1-2-3-9-19-22(21(26)27,28-18-7-5-4-6-8-18)14-20(25)24(19)15-16-10-12-17(23)13-11-16/h2-17,20,32,37-38H,18-19,21H2,1H3,(H,39,42);1-14,22H,15-17H2,(H,29,30);4-8,10-13,19H,2-3,9,14-15H2,1H3,(H,26,27)/t32-,34-;22-,25-;19-,22-/m000/s1. The number of aryl methyl sites for hydroxylation is 1. The second kappa shape index (κ2) is 34.6. The van der Waals surface area contributed by atoms with Gasteiger partial charge in [-0.3, -0.25) is 34.2 Å². The third-order valence-electron chi connectivity index (χ3n) is 18.5. The van der Waals surface area contributed by atoms with Crippen molar-refractivity contribution in [2.45, 2.75) is 132 Å². The number of amides is 4. The number of rotatable bonds is 24. The molecule has 0 bridgehead atoms. The van der Waals surface area contributed by atoms with Crippen molar-refractivity contribution >= 4 is 141 Å². The van der Waals surface area contributed by atoms with Crippen LogP contribution in [-0.2, 0) is 61.4 Å².